The number of rotatable bonds is 6. The van der Waals surface area contributed by atoms with Crippen LogP contribution in [-0.2, 0) is 14.8 Å². The lowest BCUT2D eigenvalue weighted by Gasteiger charge is -2.38. The Morgan fingerprint density at radius 2 is 1.51 bits per heavy atom. The van der Waals surface area contributed by atoms with Crippen molar-refractivity contribution in [3.8, 4) is 0 Å². The minimum absolute atomic E-state index is 0.0656. The van der Waals surface area contributed by atoms with E-state index in [1.165, 1.54) is 16.4 Å². The average molecular weight is 518 g/mol. The van der Waals surface area contributed by atoms with Crippen molar-refractivity contribution in [1.29, 1.82) is 0 Å². The number of carbonyl (C=O) groups excluding carboxylic acids is 2. The highest BCUT2D eigenvalue weighted by molar-refractivity contribution is 7.89. The van der Waals surface area contributed by atoms with Crippen molar-refractivity contribution in [2.24, 2.45) is 5.92 Å². The van der Waals surface area contributed by atoms with Crippen LogP contribution in [0.25, 0.3) is 0 Å². The van der Waals surface area contributed by atoms with Gasteiger partial charge in [0.05, 0.1) is 4.90 Å². The molecule has 188 valence electrons. The minimum atomic E-state index is -3.65. The van der Waals surface area contributed by atoms with E-state index in [-0.39, 0.29) is 22.6 Å². The summed E-state index contributed by atoms with van der Waals surface area (Å²) in [6.07, 6.45) is 4.01. The normalized spacial score (nSPS) is 18.7. The number of amides is 2. The first kappa shape index (κ1) is 25.7. The van der Waals surface area contributed by atoms with Crippen LogP contribution in [0.5, 0.6) is 0 Å². The second-order valence-electron chi connectivity index (χ2n) is 9.40. The van der Waals surface area contributed by atoms with Gasteiger partial charge in [0.25, 0.3) is 5.91 Å². The maximum atomic E-state index is 13.5. The van der Waals surface area contributed by atoms with E-state index < -0.39 is 16.1 Å². The Morgan fingerprint density at radius 1 is 0.914 bits per heavy atom. The molecule has 2 aromatic carbocycles. The van der Waals surface area contributed by atoms with Gasteiger partial charge >= 0.3 is 0 Å². The molecule has 0 saturated carbocycles. The monoisotopic (exact) mass is 517 g/mol. The van der Waals surface area contributed by atoms with Crippen LogP contribution in [0.2, 0.25) is 5.02 Å². The molecular formula is C26H32ClN3O4S. The Labute approximate surface area is 212 Å². The molecule has 0 unspecified atom stereocenters. The van der Waals surface area contributed by atoms with Gasteiger partial charge in [-0.1, -0.05) is 29.3 Å². The fourth-order valence-corrected chi connectivity index (χ4v) is 6.42. The third kappa shape index (κ3) is 6.05. The van der Waals surface area contributed by atoms with Crippen LogP contribution >= 0.6 is 11.6 Å². The lowest BCUT2D eigenvalue weighted by molar-refractivity contribution is -0.135. The molecule has 35 heavy (non-hydrogen) atoms. The van der Waals surface area contributed by atoms with Crippen LogP contribution in [0, 0.1) is 12.8 Å². The summed E-state index contributed by atoms with van der Waals surface area (Å²) in [7, 11) is -3.65. The summed E-state index contributed by atoms with van der Waals surface area (Å²) in [5.41, 5.74) is 1.56. The number of halogens is 1. The number of sulfonamides is 1. The number of hydrogen-bond donors (Lipinski definition) is 1. The van der Waals surface area contributed by atoms with Crippen molar-refractivity contribution in [2.75, 3.05) is 26.2 Å². The fraction of sp³-hybridized carbons (Fsp3) is 0.462. The standard InChI is InChI=1S/C26H32ClN3O4S/c1-19-5-7-21(8-6-19)25(31)28-24(26(32)29-15-3-2-4-16-29)20-13-17-30(18-14-20)35(33,34)23-11-9-22(27)10-12-23/h5-12,20,24H,2-4,13-18H2,1H3,(H,28,31)/t24-/m1/s1. The van der Waals surface area contributed by atoms with E-state index in [4.69, 9.17) is 11.6 Å². The Balaban J connectivity index is 1.49. The Morgan fingerprint density at radius 3 is 2.11 bits per heavy atom. The number of aryl methyl sites for hydroxylation is 1. The zero-order valence-electron chi connectivity index (χ0n) is 20.0. The fourth-order valence-electron chi connectivity index (χ4n) is 4.83. The van der Waals surface area contributed by atoms with Gasteiger partial charge in [0.1, 0.15) is 6.04 Å². The lowest BCUT2D eigenvalue weighted by Crippen LogP contribution is -2.55. The number of hydrogen-bond acceptors (Lipinski definition) is 4. The molecule has 0 spiro atoms. The quantitative estimate of drug-likeness (QED) is 0.630. The summed E-state index contributed by atoms with van der Waals surface area (Å²) < 4.78 is 27.6. The van der Waals surface area contributed by atoms with Crippen LogP contribution in [0.3, 0.4) is 0 Å². The lowest BCUT2D eigenvalue weighted by atomic mass is 9.88. The molecule has 1 N–H and O–H groups in total. The number of nitrogens with one attached hydrogen (secondary N) is 1. The topological polar surface area (TPSA) is 86.8 Å². The van der Waals surface area contributed by atoms with E-state index in [1.54, 1.807) is 24.3 Å². The van der Waals surface area contributed by atoms with Crippen molar-refractivity contribution in [2.45, 2.75) is 50.0 Å². The van der Waals surface area contributed by atoms with Crippen molar-refractivity contribution in [3.05, 3.63) is 64.7 Å². The highest BCUT2D eigenvalue weighted by atomic mass is 35.5. The summed E-state index contributed by atoms with van der Waals surface area (Å²) in [4.78, 5) is 28.6. The predicted molar refractivity (Wildman–Crippen MR) is 136 cm³/mol. The molecule has 2 saturated heterocycles. The predicted octanol–water partition coefficient (Wildman–Crippen LogP) is 3.86. The molecule has 7 nitrogen and oxygen atoms in total. The van der Waals surface area contributed by atoms with Gasteiger partial charge in [0.15, 0.2) is 0 Å². The van der Waals surface area contributed by atoms with Gasteiger partial charge in [-0.2, -0.15) is 4.31 Å². The van der Waals surface area contributed by atoms with Gasteiger partial charge in [-0.25, -0.2) is 8.42 Å². The van der Waals surface area contributed by atoms with Gasteiger partial charge in [-0.15, -0.1) is 0 Å². The molecule has 9 heteroatoms. The van der Waals surface area contributed by atoms with Crippen LogP contribution in [-0.4, -0.2) is 61.7 Å². The van der Waals surface area contributed by atoms with Gasteiger partial charge < -0.3 is 10.2 Å². The third-order valence-corrected chi connectivity index (χ3v) is 9.12. The molecule has 2 fully saturated rings. The van der Waals surface area contributed by atoms with Gasteiger partial charge in [0.2, 0.25) is 15.9 Å². The van der Waals surface area contributed by atoms with Crippen molar-refractivity contribution in [1.82, 2.24) is 14.5 Å². The molecule has 1 atom stereocenters. The second-order valence-corrected chi connectivity index (χ2v) is 11.8. The number of nitrogens with zero attached hydrogens (tertiary/aromatic N) is 2. The Hall–Kier alpha value is -2.42. The highest BCUT2D eigenvalue weighted by Gasteiger charge is 2.38. The molecule has 0 bridgehead atoms. The number of carbonyl (C=O) groups is 2. The molecule has 0 radical (unpaired) electrons. The summed E-state index contributed by atoms with van der Waals surface area (Å²) >= 11 is 5.91. The molecular weight excluding hydrogens is 486 g/mol. The number of benzene rings is 2. The minimum Gasteiger partial charge on any atom is -0.341 e. The third-order valence-electron chi connectivity index (χ3n) is 6.96. The Bertz CT molecular complexity index is 1140. The van der Waals surface area contributed by atoms with Crippen molar-refractivity contribution in [3.63, 3.8) is 0 Å². The average Bonchev–Trinajstić information content (AvgIpc) is 2.88. The van der Waals surface area contributed by atoms with Crippen LogP contribution in [0.15, 0.2) is 53.4 Å². The summed E-state index contributed by atoms with van der Waals surface area (Å²) in [5, 5.41) is 3.48. The summed E-state index contributed by atoms with van der Waals surface area (Å²) in [5.74, 6) is -0.490. The smallest absolute Gasteiger partial charge is 0.251 e. The first-order chi connectivity index (χ1) is 16.8. The number of likely N-dealkylation sites (tertiary alicyclic amines) is 1. The van der Waals surface area contributed by atoms with E-state index in [1.807, 2.05) is 24.0 Å². The van der Waals surface area contributed by atoms with Crippen LogP contribution in [0.4, 0.5) is 0 Å². The summed E-state index contributed by atoms with van der Waals surface area (Å²) in [6.45, 7) is 3.93. The number of piperidine rings is 2. The molecule has 2 aliphatic rings. The SMILES string of the molecule is Cc1ccc(C(=O)N[C@@H](C(=O)N2CCCCC2)C2CCN(S(=O)(=O)c3ccc(Cl)cc3)CC2)cc1. The van der Waals surface area contributed by atoms with E-state index >= 15 is 0 Å². The summed E-state index contributed by atoms with van der Waals surface area (Å²) in [6, 6.07) is 12.7. The molecule has 2 heterocycles. The molecule has 0 aliphatic carbocycles. The van der Waals surface area contributed by atoms with Gasteiger partial charge in [-0.3, -0.25) is 9.59 Å². The first-order valence-corrected chi connectivity index (χ1v) is 14.0. The molecule has 2 aromatic rings. The Kier molecular flexibility index (Phi) is 8.14. The molecule has 0 aromatic heterocycles. The van der Waals surface area contributed by atoms with Crippen LogP contribution < -0.4 is 5.32 Å². The second kappa shape index (κ2) is 11.1. The maximum Gasteiger partial charge on any atom is 0.251 e. The first-order valence-electron chi connectivity index (χ1n) is 12.2. The van der Waals surface area contributed by atoms with Gasteiger partial charge in [-0.05, 0) is 81.3 Å². The maximum absolute atomic E-state index is 13.5. The molecule has 2 aliphatic heterocycles. The van der Waals surface area contributed by atoms with Gasteiger partial charge in [0, 0.05) is 36.8 Å². The molecule has 4 rings (SSSR count). The molecule has 2 amide bonds. The van der Waals surface area contributed by atoms with E-state index in [9.17, 15) is 18.0 Å². The van der Waals surface area contributed by atoms with Crippen molar-refractivity contribution >= 4 is 33.4 Å². The zero-order valence-corrected chi connectivity index (χ0v) is 21.5. The van der Waals surface area contributed by atoms with E-state index in [0.29, 0.717) is 49.6 Å². The van der Waals surface area contributed by atoms with E-state index in [0.717, 1.165) is 24.8 Å². The van der Waals surface area contributed by atoms with E-state index in [2.05, 4.69) is 5.32 Å². The highest BCUT2D eigenvalue weighted by Crippen LogP contribution is 2.28. The largest absolute Gasteiger partial charge is 0.341 e. The van der Waals surface area contributed by atoms with Crippen molar-refractivity contribution < 1.29 is 18.0 Å². The zero-order chi connectivity index (χ0) is 25.0. The van der Waals surface area contributed by atoms with Crippen LogP contribution in [0.1, 0.15) is 48.0 Å².